The molecule has 83 heavy (non-hydrogen) atoms. The van der Waals surface area contributed by atoms with E-state index in [9.17, 15) is 19.2 Å². The number of carbonyl (C=O) groups excluding carboxylic acids is 4. The summed E-state index contributed by atoms with van der Waals surface area (Å²) in [6, 6.07) is 0. The molecule has 0 radical (unpaired) electrons. The van der Waals surface area contributed by atoms with Gasteiger partial charge in [-0.05, 0) is 238 Å². The summed E-state index contributed by atoms with van der Waals surface area (Å²) in [6.07, 6.45) is 48.2. The molecule has 19 atom stereocenters. The highest BCUT2D eigenvalue weighted by molar-refractivity contribution is 5.88. The molecule has 0 N–H and O–H groups in total. The van der Waals surface area contributed by atoms with E-state index in [-0.39, 0.29) is 11.9 Å². The van der Waals surface area contributed by atoms with Crippen molar-refractivity contribution in [1.82, 2.24) is 0 Å². The van der Waals surface area contributed by atoms with Gasteiger partial charge in [-0.25, -0.2) is 19.2 Å². The van der Waals surface area contributed by atoms with Crippen molar-refractivity contribution in [3.63, 3.8) is 0 Å². The Balaban J connectivity index is 0.000000174. The number of fused-ring (bicyclic) bond motifs is 20. The SMILES string of the molecule is C1=CC2C3CCC(C3)C2C1.C1=CC2C3CCC(C3)C2C1.C1=CC2C3CCC(C3)C2C1.C1=CC2C3CCC(C3)C2C1.C=C(C)C(=O)OC.C=C(C)C(=O)OC(C)OC.C=C(C)C(=O)OC(CCC)OC.C=C(C)C(=O)OC(CCCCC)OC. The number of hydrogen-bond acceptors (Lipinski definition) is 11. The molecule has 19 unspecified atom stereocenters. The van der Waals surface area contributed by atoms with Gasteiger partial charge in [0.05, 0.1) is 7.11 Å². The molecule has 0 heterocycles. The lowest BCUT2D eigenvalue weighted by molar-refractivity contribution is -0.170. The quantitative estimate of drug-likeness (QED) is 0.0365. The van der Waals surface area contributed by atoms with E-state index in [4.69, 9.17) is 23.7 Å². The van der Waals surface area contributed by atoms with E-state index in [0.717, 1.165) is 133 Å². The Hall–Kier alpha value is -4.32. The van der Waals surface area contributed by atoms with Crippen LogP contribution in [0.5, 0.6) is 0 Å². The Kier molecular flexibility index (Phi) is 29.6. The second-order valence-electron chi connectivity index (χ2n) is 26.2. The van der Waals surface area contributed by atoms with Crippen molar-refractivity contribution in [2.75, 3.05) is 28.4 Å². The van der Waals surface area contributed by atoms with Gasteiger partial charge in [-0.15, -0.1) is 0 Å². The Bertz CT molecular complexity index is 2070. The summed E-state index contributed by atoms with van der Waals surface area (Å²) >= 11 is 0. The summed E-state index contributed by atoms with van der Waals surface area (Å²) in [5.74, 6) is 15.9. The van der Waals surface area contributed by atoms with Gasteiger partial charge < -0.3 is 33.2 Å². The molecule has 12 aliphatic rings. The summed E-state index contributed by atoms with van der Waals surface area (Å²) in [6.45, 7) is 25.9. The summed E-state index contributed by atoms with van der Waals surface area (Å²) in [5.41, 5.74) is 1.61. The van der Waals surface area contributed by atoms with Crippen LogP contribution in [0.2, 0.25) is 0 Å². The average Bonchev–Trinajstić information content (AvgIpc) is 3.04. The van der Waals surface area contributed by atoms with Crippen molar-refractivity contribution in [3.05, 3.63) is 97.2 Å². The van der Waals surface area contributed by atoms with Crippen molar-refractivity contribution in [2.24, 2.45) is 94.7 Å². The third-order valence-electron chi connectivity index (χ3n) is 20.5. The van der Waals surface area contributed by atoms with Crippen LogP contribution in [0.3, 0.4) is 0 Å². The van der Waals surface area contributed by atoms with Gasteiger partial charge in [-0.2, -0.15) is 0 Å². The monoisotopic (exact) mass is 1150 g/mol. The highest BCUT2D eigenvalue weighted by Gasteiger charge is 2.50. The zero-order valence-electron chi connectivity index (χ0n) is 53.5. The van der Waals surface area contributed by atoms with Crippen molar-refractivity contribution >= 4 is 23.9 Å². The third kappa shape index (κ3) is 20.4. The number of unbranched alkanes of at least 4 members (excludes halogenated alkanes) is 2. The first-order valence-electron chi connectivity index (χ1n) is 32.4. The van der Waals surface area contributed by atoms with E-state index in [1.165, 1.54) is 72.7 Å². The van der Waals surface area contributed by atoms with Crippen LogP contribution >= 0.6 is 0 Å². The number of carbonyl (C=O) groups is 4. The fraction of sp³-hybridized carbons (Fsp3) is 0.722. The maximum atomic E-state index is 11.1. The molecule has 11 nitrogen and oxygen atoms in total. The van der Waals surface area contributed by atoms with Crippen LogP contribution in [0.25, 0.3) is 0 Å². The lowest BCUT2D eigenvalue weighted by Gasteiger charge is -2.23. The number of methoxy groups -OCH3 is 4. The molecule has 0 saturated heterocycles. The number of esters is 4. The van der Waals surface area contributed by atoms with E-state index in [2.05, 4.69) is 91.3 Å². The molecule has 11 heteroatoms. The molecule has 8 fully saturated rings. The highest BCUT2D eigenvalue weighted by Crippen LogP contribution is 2.59. The fourth-order valence-corrected chi connectivity index (χ4v) is 16.1. The van der Waals surface area contributed by atoms with E-state index >= 15 is 0 Å². The van der Waals surface area contributed by atoms with Crippen molar-refractivity contribution in [3.8, 4) is 0 Å². The summed E-state index contributed by atoms with van der Waals surface area (Å²) in [7, 11) is 5.86. The molecule has 466 valence electrons. The molecular weight excluding hydrogens is 1040 g/mol. The van der Waals surface area contributed by atoms with Crippen LogP contribution in [-0.2, 0) is 52.3 Å². The van der Waals surface area contributed by atoms with Gasteiger partial charge in [0.1, 0.15) is 0 Å². The molecule has 0 aromatic heterocycles. The van der Waals surface area contributed by atoms with Gasteiger partial charge in [-0.1, -0.05) is 108 Å². The molecule has 12 aliphatic carbocycles. The first kappa shape index (κ1) is 69.5. The molecule has 12 rings (SSSR count). The summed E-state index contributed by atoms with van der Waals surface area (Å²) in [5, 5.41) is 0. The maximum absolute atomic E-state index is 11.1. The minimum absolute atomic E-state index is 0.347. The van der Waals surface area contributed by atoms with E-state index in [1.807, 2.05) is 6.92 Å². The topological polar surface area (TPSA) is 133 Å². The molecule has 0 aromatic rings. The van der Waals surface area contributed by atoms with Gasteiger partial charge in [0.2, 0.25) is 12.6 Å². The number of ether oxygens (including phenoxy) is 7. The van der Waals surface area contributed by atoms with Crippen LogP contribution in [-0.4, -0.2) is 71.2 Å². The molecule has 0 aliphatic heterocycles. The predicted molar refractivity (Wildman–Crippen MR) is 333 cm³/mol. The molecule has 0 aromatic carbocycles. The van der Waals surface area contributed by atoms with Crippen LogP contribution in [0.4, 0.5) is 0 Å². The van der Waals surface area contributed by atoms with Gasteiger partial charge in [0.25, 0.3) is 0 Å². The van der Waals surface area contributed by atoms with E-state index < -0.39 is 30.8 Å². The normalized spacial score (nSPS) is 33.0. The number of hydrogen-bond donors (Lipinski definition) is 0. The minimum Gasteiger partial charge on any atom is -0.466 e. The first-order chi connectivity index (χ1) is 39.8. The van der Waals surface area contributed by atoms with Crippen LogP contribution in [0, 0.1) is 94.7 Å². The van der Waals surface area contributed by atoms with Crippen molar-refractivity contribution < 1.29 is 52.3 Å². The second-order valence-corrected chi connectivity index (χ2v) is 26.2. The standard InChI is InChI=1S/C11H20O3.4C10H14.C9H16O3.C7H12O3.C5H8O2/c1-5-6-7-8-10(13-4)14-11(12)9(2)3;4*1-2-9-7-4-5-8(6-7)10(9)3-1;1-5-6-8(11-4)12-9(10)7(2)3;1-5(2)7(8)10-6(3)9-4;1-4(2)5(6)7-3/h10H,2,5-8H2,1,3-4H3;4*1-2,7-10H,3-6H2;8H,2,5-6H2,1,3-4H3;6H,1H2,2-4H3;1H2,2-3H3. The summed E-state index contributed by atoms with van der Waals surface area (Å²) < 4.78 is 33.6. The van der Waals surface area contributed by atoms with E-state index in [0.29, 0.717) is 22.3 Å². The molecule has 8 bridgehead atoms. The minimum atomic E-state index is -0.496. The van der Waals surface area contributed by atoms with E-state index in [1.54, 1.807) is 93.1 Å². The summed E-state index contributed by atoms with van der Waals surface area (Å²) in [4.78, 5) is 43.0. The van der Waals surface area contributed by atoms with Crippen LogP contribution < -0.4 is 0 Å². The Morgan fingerprint density at radius 1 is 0.410 bits per heavy atom. The molecule has 8 saturated carbocycles. The zero-order valence-corrected chi connectivity index (χ0v) is 53.5. The largest absolute Gasteiger partial charge is 0.466 e. The van der Waals surface area contributed by atoms with Gasteiger partial charge in [0.15, 0.2) is 6.29 Å². The number of rotatable bonds is 16. The fourth-order valence-electron chi connectivity index (χ4n) is 16.1. The lowest BCUT2D eigenvalue weighted by Crippen LogP contribution is -2.20. The van der Waals surface area contributed by atoms with Crippen LogP contribution in [0.1, 0.15) is 190 Å². The third-order valence-corrected chi connectivity index (χ3v) is 20.5. The van der Waals surface area contributed by atoms with Gasteiger partial charge in [0, 0.05) is 56.5 Å². The first-order valence-corrected chi connectivity index (χ1v) is 32.4. The molecular formula is C72H112O11. The second kappa shape index (κ2) is 35.3. The van der Waals surface area contributed by atoms with Crippen molar-refractivity contribution in [2.45, 2.75) is 209 Å². The van der Waals surface area contributed by atoms with Gasteiger partial charge >= 0.3 is 23.9 Å². The Morgan fingerprint density at radius 3 is 0.952 bits per heavy atom. The number of allylic oxidation sites excluding steroid dienone is 8. The average molecular weight is 1150 g/mol. The molecule has 0 amide bonds. The smallest absolute Gasteiger partial charge is 0.335 e. The maximum Gasteiger partial charge on any atom is 0.335 e. The predicted octanol–water partition coefficient (Wildman–Crippen LogP) is 16.8. The van der Waals surface area contributed by atoms with Crippen molar-refractivity contribution in [1.29, 1.82) is 0 Å². The zero-order chi connectivity index (χ0) is 60.8. The lowest BCUT2D eigenvalue weighted by atomic mass is 9.82. The van der Waals surface area contributed by atoms with Crippen LogP contribution in [0.15, 0.2) is 97.2 Å². The molecule has 0 spiro atoms. The Labute approximate surface area is 503 Å². The highest BCUT2D eigenvalue weighted by atomic mass is 16.7. The van der Waals surface area contributed by atoms with Gasteiger partial charge in [-0.3, -0.25) is 0 Å². The Morgan fingerprint density at radius 2 is 0.711 bits per heavy atom.